The molecule has 2 unspecified atom stereocenters. The molecule has 1 aromatic carbocycles. The van der Waals surface area contributed by atoms with Crippen LogP contribution in [-0.4, -0.2) is 33.5 Å². The zero-order valence-electron chi connectivity index (χ0n) is 12.5. The largest absolute Gasteiger partial charge is 0.497 e. The molecular formula is C15H25NO3. The van der Waals surface area contributed by atoms with E-state index in [4.69, 9.17) is 14.2 Å². The number of benzene rings is 1. The van der Waals surface area contributed by atoms with Gasteiger partial charge in [0.1, 0.15) is 18.1 Å². The van der Waals surface area contributed by atoms with Crippen LogP contribution in [0.4, 0.5) is 0 Å². The number of rotatable bonds is 8. The normalized spacial score (nSPS) is 13.9. The van der Waals surface area contributed by atoms with Crippen molar-refractivity contribution in [1.29, 1.82) is 0 Å². The van der Waals surface area contributed by atoms with Gasteiger partial charge in [-0.25, -0.2) is 0 Å². The first-order valence-corrected chi connectivity index (χ1v) is 6.69. The van der Waals surface area contributed by atoms with Crippen LogP contribution in [0.25, 0.3) is 0 Å². The van der Waals surface area contributed by atoms with E-state index in [1.54, 1.807) is 14.2 Å². The predicted octanol–water partition coefficient (Wildman–Crippen LogP) is 2.78. The Hall–Kier alpha value is -1.26. The van der Waals surface area contributed by atoms with Crippen LogP contribution in [0.15, 0.2) is 18.2 Å². The van der Waals surface area contributed by atoms with E-state index in [0.717, 1.165) is 23.6 Å². The fourth-order valence-electron chi connectivity index (χ4n) is 1.82. The minimum atomic E-state index is 0.0634. The van der Waals surface area contributed by atoms with Gasteiger partial charge in [-0.05, 0) is 26.5 Å². The number of nitrogens with one attached hydrogen (secondary N) is 1. The Morgan fingerprint density at radius 1 is 1.21 bits per heavy atom. The van der Waals surface area contributed by atoms with Crippen molar-refractivity contribution in [3.05, 3.63) is 23.8 Å². The molecule has 0 aliphatic heterocycles. The van der Waals surface area contributed by atoms with E-state index in [0.29, 0.717) is 6.61 Å². The molecule has 0 aliphatic rings. The van der Waals surface area contributed by atoms with E-state index >= 15 is 0 Å². The van der Waals surface area contributed by atoms with Crippen LogP contribution in [0, 0.1) is 0 Å². The van der Waals surface area contributed by atoms with E-state index in [9.17, 15) is 0 Å². The number of ether oxygens (including phenoxy) is 3. The summed E-state index contributed by atoms with van der Waals surface area (Å²) in [5.74, 6) is 1.64. The van der Waals surface area contributed by atoms with Crippen molar-refractivity contribution >= 4 is 0 Å². The van der Waals surface area contributed by atoms with Gasteiger partial charge in [0, 0.05) is 24.8 Å². The molecule has 0 saturated heterocycles. The number of methoxy groups -OCH3 is 2. The average Bonchev–Trinajstić information content (AvgIpc) is 2.44. The van der Waals surface area contributed by atoms with E-state index in [1.165, 1.54) is 0 Å². The Bertz CT molecular complexity index is 382. The van der Waals surface area contributed by atoms with Crippen molar-refractivity contribution in [3.63, 3.8) is 0 Å². The number of hydrogen-bond acceptors (Lipinski definition) is 4. The van der Waals surface area contributed by atoms with Gasteiger partial charge in [0.2, 0.25) is 0 Å². The van der Waals surface area contributed by atoms with Crippen molar-refractivity contribution in [2.75, 3.05) is 27.4 Å². The monoisotopic (exact) mass is 267 g/mol. The molecule has 0 radical (unpaired) electrons. The van der Waals surface area contributed by atoms with Crippen LogP contribution >= 0.6 is 0 Å². The standard InChI is InChI=1S/C15H25NO3/c1-6-16-12(3)14-8-7-13(18-5)9-15(14)19-10-11(2)17-4/h7-9,11-12,16H,6,10H2,1-5H3. The quantitative estimate of drug-likeness (QED) is 0.786. The highest BCUT2D eigenvalue weighted by molar-refractivity contribution is 5.42. The lowest BCUT2D eigenvalue weighted by Gasteiger charge is -2.19. The first-order valence-electron chi connectivity index (χ1n) is 6.69. The summed E-state index contributed by atoms with van der Waals surface area (Å²) in [5, 5.41) is 3.39. The molecule has 2 atom stereocenters. The number of hydrogen-bond donors (Lipinski definition) is 1. The van der Waals surface area contributed by atoms with Gasteiger partial charge in [0.15, 0.2) is 0 Å². The van der Waals surface area contributed by atoms with Crippen LogP contribution < -0.4 is 14.8 Å². The van der Waals surface area contributed by atoms with E-state index in [2.05, 4.69) is 19.2 Å². The lowest BCUT2D eigenvalue weighted by Crippen LogP contribution is -2.20. The van der Waals surface area contributed by atoms with Crippen LogP contribution in [0.5, 0.6) is 11.5 Å². The third-order valence-electron chi connectivity index (χ3n) is 3.07. The van der Waals surface area contributed by atoms with Gasteiger partial charge in [-0.3, -0.25) is 0 Å². The Kier molecular flexibility index (Phi) is 6.67. The van der Waals surface area contributed by atoms with Crippen LogP contribution in [0.3, 0.4) is 0 Å². The summed E-state index contributed by atoms with van der Waals surface area (Å²) in [4.78, 5) is 0. The van der Waals surface area contributed by atoms with Crippen LogP contribution in [0.2, 0.25) is 0 Å². The average molecular weight is 267 g/mol. The van der Waals surface area contributed by atoms with Gasteiger partial charge in [-0.2, -0.15) is 0 Å². The Labute approximate surface area is 116 Å². The maximum atomic E-state index is 5.85. The molecule has 0 aromatic heterocycles. The molecule has 108 valence electrons. The summed E-state index contributed by atoms with van der Waals surface area (Å²) in [6.07, 6.45) is 0.0634. The van der Waals surface area contributed by atoms with E-state index in [1.807, 2.05) is 25.1 Å². The summed E-state index contributed by atoms with van der Waals surface area (Å²) in [6.45, 7) is 7.63. The molecule has 0 fully saturated rings. The lowest BCUT2D eigenvalue weighted by molar-refractivity contribution is 0.0710. The molecular weight excluding hydrogens is 242 g/mol. The van der Waals surface area contributed by atoms with Crippen molar-refractivity contribution in [1.82, 2.24) is 5.32 Å². The van der Waals surface area contributed by atoms with Crippen LogP contribution in [0.1, 0.15) is 32.4 Å². The zero-order valence-corrected chi connectivity index (χ0v) is 12.5. The van der Waals surface area contributed by atoms with Gasteiger partial charge < -0.3 is 19.5 Å². The summed E-state index contributed by atoms with van der Waals surface area (Å²) >= 11 is 0. The first-order chi connectivity index (χ1) is 9.12. The SMILES string of the molecule is CCNC(C)c1ccc(OC)cc1OCC(C)OC. The van der Waals surface area contributed by atoms with E-state index < -0.39 is 0 Å². The van der Waals surface area contributed by atoms with Crippen molar-refractivity contribution in [2.45, 2.75) is 32.9 Å². The topological polar surface area (TPSA) is 39.7 Å². The van der Waals surface area contributed by atoms with Crippen LogP contribution in [-0.2, 0) is 4.74 Å². The second-order valence-corrected chi connectivity index (χ2v) is 4.54. The predicted molar refractivity (Wildman–Crippen MR) is 77.1 cm³/mol. The molecule has 0 amide bonds. The highest BCUT2D eigenvalue weighted by atomic mass is 16.5. The first kappa shape index (κ1) is 15.8. The van der Waals surface area contributed by atoms with Gasteiger partial charge >= 0.3 is 0 Å². The molecule has 0 bridgehead atoms. The highest BCUT2D eigenvalue weighted by Gasteiger charge is 2.13. The molecule has 1 rings (SSSR count). The second kappa shape index (κ2) is 8.02. The Morgan fingerprint density at radius 3 is 2.53 bits per heavy atom. The Morgan fingerprint density at radius 2 is 1.95 bits per heavy atom. The molecule has 0 saturated carbocycles. The second-order valence-electron chi connectivity index (χ2n) is 4.54. The smallest absolute Gasteiger partial charge is 0.127 e. The lowest BCUT2D eigenvalue weighted by atomic mass is 10.1. The van der Waals surface area contributed by atoms with Gasteiger partial charge in [-0.15, -0.1) is 0 Å². The maximum absolute atomic E-state index is 5.85. The molecule has 19 heavy (non-hydrogen) atoms. The fourth-order valence-corrected chi connectivity index (χ4v) is 1.82. The fraction of sp³-hybridized carbons (Fsp3) is 0.600. The highest BCUT2D eigenvalue weighted by Crippen LogP contribution is 2.29. The zero-order chi connectivity index (χ0) is 14.3. The minimum Gasteiger partial charge on any atom is -0.497 e. The molecule has 0 spiro atoms. The maximum Gasteiger partial charge on any atom is 0.127 e. The third-order valence-corrected chi connectivity index (χ3v) is 3.07. The summed E-state index contributed by atoms with van der Waals surface area (Å²) < 4.78 is 16.3. The van der Waals surface area contributed by atoms with E-state index in [-0.39, 0.29) is 12.1 Å². The summed E-state index contributed by atoms with van der Waals surface area (Å²) in [6, 6.07) is 6.16. The van der Waals surface area contributed by atoms with Gasteiger partial charge in [0.25, 0.3) is 0 Å². The van der Waals surface area contributed by atoms with Gasteiger partial charge in [-0.1, -0.05) is 13.0 Å². The summed E-state index contributed by atoms with van der Waals surface area (Å²) in [5.41, 5.74) is 1.13. The van der Waals surface area contributed by atoms with Gasteiger partial charge in [0.05, 0.1) is 13.2 Å². The molecule has 4 nitrogen and oxygen atoms in total. The Balaban J connectivity index is 2.88. The molecule has 4 heteroatoms. The molecule has 1 aromatic rings. The molecule has 1 N–H and O–H groups in total. The molecule has 0 heterocycles. The third kappa shape index (κ3) is 4.73. The summed E-state index contributed by atoms with van der Waals surface area (Å²) in [7, 11) is 3.34. The minimum absolute atomic E-state index is 0.0634. The van der Waals surface area contributed by atoms with Crippen molar-refractivity contribution in [2.24, 2.45) is 0 Å². The van der Waals surface area contributed by atoms with Crippen molar-refractivity contribution < 1.29 is 14.2 Å². The van der Waals surface area contributed by atoms with Crippen molar-refractivity contribution in [3.8, 4) is 11.5 Å². The molecule has 0 aliphatic carbocycles.